The lowest BCUT2D eigenvalue weighted by atomic mass is 9.91. The maximum atomic E-state index is 13.8. The summed E-state index contributed by atoms with van der Waals surface area (Å²) < 4.78 is 9.72. The van der Waals surface area contributed by atoms with Crippen molar-refractivity contribution in [2.75, 3.05) is 27.3 Å². The van der Waals surface area contributed by atoms with Crippen molar-refractivity contribution in [3.05, 3.63) is 84.4 Å². The predicted octanol–water partition coefficient (Wildman–Crippen LogP) is 9.04. The zero-order valence-corrected chi connectivity index (χ0v) is 36.3. The van der Waals surface area contributed by atoms with Gasteiger partial charge in [-0.15, -0.1) is 11.3 Å². The van der Waals surface area contributed by atoms with E-state index in [4.69, 9.17) is 19.4 Å². The average molecular weight is 844 g/mol. The number of carbonyl (C=O) groups excluding carboxylic acids is 4. The van der Waals surface area contributed by atoms with Crippen LogP contribution in [0.25, 0.3) is 54.1 Å². The average Bonchev–Trinajstić information content (AvgIpc) is 4.12. The van der Waals surface area contributed by atoms with E-state index >= 15 is 0 Å². The van der Waals surface area contributed by atoms with Crippen molar-refractivity contribution in [2.24, 2.45) is 17.8 Å². The van der Waals surface area contributed by atoms with E-state index in [0.717, 1.165) is 91.4 Å². The van der Waals surface area contributed by atoms with Crippen molar-refractivity contribution in [1.29, 1.82) is 0 Å². The van der Waals surface area contributed by atoms with Crippen molar-refractivity contribution in [3.8, 4) is 32.0 Å². The molecular formula is C47H53N7O6S. The van der Waals surface area contributed by atoms with Gasteiger partial charge < -0.3 is 34.6 Å². The lowest BCUT2D eigenvalue weighted by Gasteiger charge is -2.29. The molecule has 2 fully saturated rings. The number of nitrogens with zero attached hydrogens (tertiary/aromatic N) is 4. The summed E-state index contributed by atoms with van der Waals surface area (Å²) in [5.41, 5.74) is 7.73. The molecular weight excluding hydrogens is 791 g/mol. The molecule has 0 saturated carbocycles. The molecule has 318 valence electrons. The summed E-state index contributed by atoms with van der Waals surface area (Å²) in [7, 11) is 2.65. The number of thiophene rings is 1. The second-order valence-corrected chi connectivity index (χ2v) is 17.8. The number of rotatable bonds is 12. The Hall–Kier alpha value is -6.02. The first kappa shape index (κ1) is 41.7. The summed E-state index contributed by atoms with van der Waals surface area (Å²) in [6.07, 6.45) is 2.69. The first-order chi connectivity index (χ1) is 29.4. The Kier molecular flexibility index (Phi) is 12.0. The number of amides is 3. The number of aromatic amines is 2. The number of alkyl carbamates (subject to hydrolysis) is 1. The molecule has 3 amide bonds. The van der Waals surface area contributed by atoms with E-state index in [1.165, 1.54) is 14.2 Å². The minimum atomic E-state index is -0.707. The monoisotopic (exact) mass is 843 g/mol. The molecule has 5 heterocycles. The molecule has 4 atom stereocenters. The zero-order chi connectivity index (χ0) is 42.9. The number of hydrogen-bond donors (Lipinski definition) is 3. The Bertz CT molecular complexity index is 2580. The molecule has 0 aliphatic carbocycles. The van der Waals surface area contributed by atoms with Crippen LogP contribution < -0.4 is 5.32 Å². The highest BCUT2D eigenvalue weighted by Crippen LogP contribution is 2.45. The molecule has 0 radical (unpaired) electrons. The summed E-state index contributed by atoms with van der Waals surface area (Å²) in [5.74, 6) is 0.338. The fourth-order valence-electron chi connectivity index (χ4n) is 8.84. The van der Waals surface area contributed by atoms with E-state index in [-0.39, 0.29) is 48.1 Å². The van der Waals surface area contributed by atoms with Crippen LogP contribution in [0.3, 0.4) is 0 Å². The Morgan fingerprint density at radius 1 is 0.738 bits per heavy atom. The van der Waals surface area contributed by atoms with Crippen LogP contribution in [0.4, 0.5) is 4.79 Å². The Labute approximate surface area is 359 Å². The van der Waals surface area contributed by atoms with Crippen LogP contribution >= 0.6 is 11.3 Å². The highest BCUT2D eigenvalue weighted by atomic mass is 32.1. The molecule has 2 aliphatic heterocycles. The molecule has 3 N–H and O–H groups in total. The Balaban J connectivity index is 1.09. The third-order valence-electron chi connectivity index (χ3n) is 12.2. The smallest absolute Gasteiger partial charge is 0.407 e. The van der Waals surface area contributed by atoms with Gasteiger partial charge in [0.15, 0.2) is 0 Å². The quantitative estimate of drug-likeness (QED) is 0.103. The van der Waals surface area contributed by atoms with E-state index < -0.39 is 18.1 Å². The van der Waals surface area contributed by atoms with Crippen LogP contribution in [0, 0.1) is 17.8 Å². The summed E-state index contributed by atoms with van der Waals surface area (Å²) in [6, 6.07) is 24.0. The van der Waals surface area contributed by atoms with Gasteiger partial charge in [-0.25, -0.2) is 14.8 Å². The molecule has 0 bridgehead atoms. The lowest BCUT2D eigenvalue weighted by molar-refractivity contribution is -0.148. The highest BCUT2D eigenvalue weighted by molar-refractivity contribution is 7.19. The van der Waals surface area contributed by atoms with Crippen LogP contribution in [0.1, 0.15) is 83.5 Å². The summed E-state index contributed by atoms with van der Waals surface area (Å²) in [5, 5.41) is 2.73. The molecule has 8 rings (SSSR count). The van der Waals surface area contributed by atoms with Crippen molar-refractivity contribution in [3.63, 3.8) is 0 Å². The predicted molar refractivity (Wildman–Crippen MR) is 236 cm³/mol. The van der Waals surface area contributed by atoms with Gasteiger partial charge in [0, 0.05) is 28.4 Å². The van der Waals surface area contributed by atoms with Crippen LogP contribution in [-0.4, -0.2) is 87.0 Å². The lowest BCUT2D eigenvalue weighted by Crippen LogP contribution is -2.51. The van der Waals surface area contributed by atoms with E-state index in [1.807, 2.05) is 67.8 Å². The number of fused-ring (bicyclic) bond motifs is 2. The van der Waals surface area contributed by atoms with Crippen LogP contribution in [0.15, 0.2) is 72.8 Å². The number of esters is 1. The van der Waals surface area contributed by atoms with Gasteiger partial charge in [-0.1, -0.05) is 70.2 Å². The van der Waals surface area contributed by atoms with Crippen LogP contribution in [-0.2, 0) is 23.9 Å². The van der Waals surface area contributed by atoms with Gasteiger partial charge in [-0.3, -0.25) is 14.4 Å². The van der Waals surface area contributed by atoms with Gasteiger partial charge in [0.2, 0.25) is 11.8 Å². The van der Waals surface area contributed by atoms with E-state index in [9.17, 15) is 19.2 Å². The normalized spacial score (nSPS) is 17.7. The molecule has 0 unspecified atom stereocenters. The molecule has 3 aromatic heterocycles. The van der Waals surface area contributed by atoms with E-state index in [0.29, 0.717) is 13.1 Å². The first-order valence-corrected chi connectivity index (χ1v) is 22.0. The van der Waals surface area contributed by atoms with Crippen molar-refractivity contribution in [2.45, 2.75) is 77.9 Å². The number of aromatic nitrogens is 4. The number of benzene rings is 3. The van der Waals surface area contributed by atoms with Gasteiger partial charge in [0.05, 0.1) is 60.7 Å². The van der Waals surface area contributed by atoms with E-state index in [2.05, 4.69) is 57.7 Å². The minimum absolute atomic E-state index is 0.0107. The SMILES string of the molecule is COC(=O)C[C@H](C(=O)N1CCC[C@H]1c1nc2ccc(-c3cc(-c4ccccc4)c(-c4ccc5nc([C@@H]6CCCN6C(=O)[C@@H](NC(=O)OC)C(C)C)[nH]c5c4)s3)cc2[nH]1)C(C)C. The van der Waals surface area contributed by atoms with Crippen molar-refractivity contribution >= 4 is 57.3 Å². The van der Waals surface area contributed by atoms with E-state index in [1.54, 1.807) is 11.3 Å². The second kappa shape index (κ2) is 17.5. The van der Waals surface area contributed by atoms with Crippen LogP contribution in [0.5, 0.6) is 0 Å². The fraction of sp³-hybridized carbons (Fsp3) is 0.404. The number of methoxy groups -OCH3 is 2. The molecule has 14 heteroatoms. The summed E-state index contributed by atoms with van der Waals surface area (Å²) in [4.78, 5) is 74.9. The molecule has 0 spiro atoms. The second-order valence-electron chi connectivity index (χ2n) is 16.8. The molecule has 6 aromatic rings. The highest BCUT2D eigenvalue weighted by Gasteiger charge is 2.39. The fourth-order valence-corrected chi connectivity index (χ4v) is 10.0. The molecule has 2 saturated heterocycles. The number of likely N-dealkylation sites (tertiary alicyclic amines) is 2. The number of ether oxygens (including phenoxy) is 2. The van der Waals surface area contributed by atoms with Gasteiger partial charge in [-0.2, -0.15) is 0 Å². The molecule has 13 nitrogen and oxygen atoms in total. The zero-order valence-electron chi connectivity index (χ0n) is 35.5. The van der Waals surface area contributed by atoms with Gasteiger partial charge in [0.25, 0.3) is 0 Å². The first-order valence-electron chi connectivity index (χ1n) is 21.2. The maximum absolute atomic E-state index is 13.8. The Morgan fingerprint density at radius 2 is 1.33 bits per heavy atom. The Morgan fingerprint density at radius 3 is 1.90 bits per heavy atom. The largest absolute Gasteiger partial charge is 0.469 e. The maximum Gasteiger partial charge on any atom is 0.407 e. The van der Waals surface area contributed by atoms with Gasteiger partial charge >= 0.3 is 12.1 Å². The number of carbonyl (C=O) groups is 4. The third-order valence-corrected chi connectivity index (χ3v) is 13.4. The number of hydrogen-bond acceptors (Lipinski definition) is 9. The summed E-state index contributed by atoms with van der Waals surface area (Å²) >= 11 is 1.72. The molecule has 61 heavy (non-hydrogen) atoms. The van der Waals surface area contributed by atoms with Crippen molar-refractivity contribution < 1.29 is 28.7 Å². The number of nitrogens with one attached hydrogen (secondary N) is 3. The van der Waals surface area contributed by atoms with Crippen LogP contribution in [0.2, 0.25) is 0 Å². The molecule has 3 aromatic carbocycles. The van der Waals surface area contributed by atoms with Crippen molar-refractivity contribution in [1.82, 2.24) is 35.1 Å². The minimum Gasteiger partial charge on any atom is -0.469 e. The number of H-pyrrole nitrogens is 2. The third kappa shape index (κ3) is 8.37. The topological polar surface area (TPSA) is 163 Å². The summed E-state index contributed by atoms with van der Waals surface area (Å²) in [6.45, 7) is 8.96. The number of imidazole rings is 2. The van der Waals surface area contributed by atoms with Gasteiger partial charge in [-0.05, 0) is 84.5 Å². The van der Waals surface area contributed by atoms with Gasteiger partial charge in [0.1, 0.15) is 17.7 Å². The standard InChI is InChI=1S/C47H53N7O6S/c1-26(2)31(25-40(55)59-5)45(56)53-20-10-14-37(53)43-48-33-18-16-29(22-35(33)50-43)39-24-32(28-12-8-7-9-13-28)42(61-39)30-17-19-34-36(23-30)51-44(49-34)38-15-11-21-54(38)46(57)41(27(3)4)52-47(58)60-6/h7-9,12-13,16-19,22-24,26-27,31,37-38,41H,10-11,14-15,20-21,25H2,1-6H3,(H,48,50)(H,49,51)(H,52,58)/t31-,37-,38-,41-/m0/s1. The molecule has 2 aliphatic rings.